The maximum absolute atomic E-state index is 11.1. The topological polar surface area (TPSA) is 46.3 Å². The van der Waals surface area contributed by atoms with Crippen molar-refractivity contribution in [2.75, 3.05) is 6.54 Å². The van der Waals surface area contributed by atoms with Crippen molar-refractivity contribution in [3.63, 3.8) is 0 Å². The largest absolute Gasteiger partial charge is 0.281 e. The Bertz CT molecular complexity index is 123. The molecule has 0 radical (unpaired) electrons. The lowest BCUT2D eigenvalue weighted by Crippen LogP contribution is -2.40. The molecular weight excluding hydrogens is 140 g/mol. The van der Waals surface area contributed by atoms with Crippen molar-refractivity contribution in [3.8, 4) is 0 Å². The van der Waals surface area contributed by atoms with E-state index in [1.807, 2.05) is 13.8 Å². The average Bonchev–Trinajstić information content (AvgIpc) is 1.98. The number of carbonyl (C=O) groups is 1. The Morgan fingerprint density at radius 1 is 1.55 bits per heavy atom. The standard InChI is InChI=1S/C8H18N2O/c1-4-5-6-10(9)8(11)7(2)3/h7H,4-6,9H2,1-3H3. The molecule has 66 valence electrons. The zero-order valence-electron chi connectivity index (χ0n) is 7.63. The van der Waals surface area contributed by atoms with E-state index in [1.165, 1.54) is 5.01 Å². The summed E-state index contributed by atoms with van der Waals surface area (Å²) < 4.78 is 0. The van der Waals surface area contributed by atoms with Crippen LogP contribution < -0.4 is 5.84 Å². The van der Waals surface area contributed by atoms with Crippen LogP contribution in [-0.2, 0) is 4.79 Å². The zero-order valence-corrected chi connectivity index (χ0v) is 7.63. The fraction of sp³-hybridized carbons (Fsp3) is 0.875. The van der Waals surface area contributed by atoms with Gasteiger partial charge in [0.15, 0.2) is 0 Å². The first-order chi connectivity index (χ1) is 5.09. The predicted octanol–water partition coefficient (Wildman–Crippen LogP) is 1.14. The Balaban J connectivity index is 3.64. The Labute approximate surface area is 68.5 Å². The number of carbonyl (C=O) groups excluding carboxylic acids is 1. The molecule has 0 aliphatic carbocycles. The molecule has 3 nitrogen and oxygen atoms in total. The van der Waals surface area contributed by atoms with Gasteiger partial charge in [-0.1, -0.05) is 27.2 Å². The van der Waals surface area contributed by atoms with Gasteiger partial charge in [-0.15, -0.1) is 0 Å². The van der Waals surface area contributed by atoms with Gasteiger partial charge in [-0.2, -0.15) is 0 Å². The number of hydrogen-bond acceptors (Lipinski definition) is 2. The lowest BCUT2D eigenvalue weighted by Gasteiger charge is -2.17. The highest BCUT2D eigenvalue weighted by molar-refractivity contribution is 5.77. The summed E-state index contributed by atoms with van der Waals surface area (Å²) in [7, 11) is 0. The maximum atomic E-state index is 11.1. The van der Waals surface area contributed by atoms with Crippen LogP contribution in [0.25, 0.3) is 0 Å². The third-order valence-electron chi connectivity index (χ3n) is 1.53. The molecule has 2 N–H and O–H groups in total. The van der Waals surface area contributed by atoms with Crippen molar-refractivity contribution in [2.45, 2.75) is 33.6 Å². The first kappa shape index (κ1) is 10.4. The van der Waals surface area contributed by atoms with Crippen LogP contribution in [0.5, 0.6) is 0 Å². The molecule has 0 aromatic heterocycles. The van der Waals surface area contributed by atoms with Crippen molar-refractivity contribution in [2.24, 2.45) is 11.8 Å². The first-order valence-corrected chi connectivity index (χ1v) is 4.15. The second-order valence-electron chi connectivity index (χ2n) is 3.04. The lowest BCUT2D eigenvalue weighted by atomic mass is 10.2. The van der Waals surface area contributed by atoms with Gasteiger partial charge in [-0.05, 0) is 6.42 Å². The van der Waals surface area contributed by atoms with Crippen molar-refractivity contribution in [1.29, 1.82) is 0 Å². The molecule has 0 aromatic carbocycles. The van der Waals surface area contributed by atoms with Crippen LogP contribution in [-0.4, -0.2) is 17.5 Å². The smallest absolute Gasteiger partial charge is 0.239 e. The molecule has 0 fully saturated rings. The Morgan fingerprint density at radius 2 is 2.09 bits per heavy atom. The van der Waals surface area contributed by atoms with Crippen molar-refractivity contribution < 1.29 is 4.79 Å². The van der Waals surface area contributed by atoms with E-state index in [1.54, 1.807) is 0 Å². The van der Waals surface area contributed by atoms with Crippen LogP contribution in [0.4, 0.5) is 0 Å². The molecule has 0 atom stereocenters. The Hall–Kier alpha value is -0.570. The first-order valence-electron chi connectivity index (χ1n) is 4.15. The molecule has 0 aromatic rings. The summed E-state index contributed by atoms with van der Waals surface area (Å²) in [6.07, 6.45) is 2.05. The van der Waals surface area contributed by atoms with Gasteiger partial charge in [0.25, 0.3) is 0 Å². The van der Waals surface area contributed by atoms with E-state index >= 15 is 0 Å². The fourth-order valence-electron chi connectivity index (χ4n) is 0.770. The number of unbranched alkanes of at least 4 members (excludes halogenated alkanes) is 1. The zero-order chi connectivity index (χ0) is 8.85. The van der Waals surface area contributed by atoms with Gasteiger partial charge in [0.05, 0.1) is 0 Å². The Kier molecular flexibility index (Phi) is 4.86. The predicted molar refractivity (Wildman–Crippen MR) is 45.6 cm³/mol. The number of nitrogens with zero attached hydrogens (tertiary/aromatic N) is 1. The molecule has 0 bridgehead atoms. The molecule has 0 unspecified atom stereocenters. The lowest BCUT2D eigenvalue weighted by molar-refractivity contribution is -0.134. The third-order valence-corrected chi connectivity index (χ3v) is 1.53. The maximum Gasteiger partial charge on any atom is 0.239 e. The van der Waals surface area contributed by atoms with Crippen LogP contribution in [0.15, 0.2) is 0 Å². The summed E-state index contributed by atoms with van der Waals surface area (Å²) in [5.74, 6) is 5.53. The normalized spacial score (nSPS) is 10.3. The average molecular weight is 158 g/mol. The van der Waals surface area contributed by atoms with E-state index in [9.17, 15) is 4.79 Å². The molecule has 1 amide bonds. The Morgan fingerprint density at radius 3 is 2.45 bits per heavy atom. The van der Waals surface area contributed by atoms with Crippen molar-refractivity contribution >= 4 is 5.91 Å². The minimum absolute atomic E-state index is 0.0110. The van der Waals surface area contributed by atoms with Gasteiger partial charge in [0, 0.05) is 12.5 Å². The number of rotatable bonds is 4. The van der Waals surface area contributed by atoms with E-state index in [4.69, 9.17) is 5.84 Å². The minimum atomic E-state index is 0.0110. The van der Waals surface area contributed by atoms with E-state index in [2.05, 4.69) is 6.92 Å². The molecule has 0 saturated carbocycles. The van der Waals surface area contributed by atoms with Gasteiger partial charge in [-0.25, -0.2) is 5.84 Å². The van der Waals surface area contributed by atoms with Gasteiger partial charge in [0.2, 0.25) is 5.91 Å². The van der Waals surface area contributed by atoms with E-state index in [0.29, 0.717) is 6.54 Å². The molecule has 0 aliphatic heterocycles. The molecule has 0 spiro atoms. The van der Waals surface area contributed by atoms with Gasteiger partial charge >= 0.3 is 0 Å². The number of nitrogens with two attached hydrogens (primary N) is 1. The highest BCUT2D eigenvalue weighted by Crippen LogP contribution is 1.98. The monoisotopic (exact) mass is 158 g/mol. The summed E-state index contributed by atoms with van der Waals surface area (Å²) in [5.41, 5.74) is 0. The van der Waals surface area contributed by atoms with Gasteiger partial charge in [-0.3, -0.25) is 9.80 Å². The highest BCUT2D eigenvalue weighted by Gasteiger charge is 2.11. The van der Waals surface area contributed by atoms with E-state index < -0.39 is 0 Å². The number of hydrazine groups is 1. The van der Waals surface area contributed by atoms with Crippen LogP contribution in [0.2, 0.25) is 0 Å². The van der Waals surface area contributed by atoms with E-state index in [-0.39, 0.29) is 11.8 Å². The van der Waals surface area contributed by atoms with Gasteiger partial charge < -0.3 is 0 Å². The minimum Gasteiger partial charge on any atom is -0.281 e. The molecule has 0 rings (SSSR count). The highest BCUT2D eigenvalue weighted by atomic mass is 16.2. The summed E-state index contributed by atoms with van der Waals surface area (Å²) in [5, 5.41) is 1.31. The van der Waals surface area contributed by atoms with E-state index in [0.717, 1.165) is 12.8 Å². The van der Waals surface area contributed by atoms with Crippen LogP contribution in [0, 0.1) is 5.92 Å². The molecule has 0 aliphatic rings. The summed E-state index contributed by atoms with van der Waals surface area (Å²) in [6.45, 7) is 6.46. The molecular formula is C8H18N2O. The molecule has 3 heteroatoms. The SMILES string of the molecule is CCCCN(N)C(=O)C(C)C. The molecule has 0 saturated heterocycles. The second-order valence-corrected chi connectivity index (χ2v) is 3.04. The van der Waals surface area contributed by atoms with Crippen molar-refractivity contribution in [3.05, 3.63) is 0 Å². The third kappa shape index (κ3) is 3.98. The van der Waals surface area contributed by atoms with Crippen LogP contribution >= 0.6 is 0 Å². The van der Waals surface area contributed by atoms with Crippen LogP contribution in [0.1, 0.15) is 33.6 Å². The second kappa shape index (κ2) is 5.13. The molecule has 0 heterocycles. The quantitative estimate of drug-likeness (QED) is 0.379. The van der Waals surface area contributed by atoms with Crippen molar-refractivity contribution in [1.82, 2.24) is 5.01 Å². The van der Waals surface area contributed by atoms with Gasteiger partial charge in [0.1, 0.15) is 0 Å². The summed E-state index contributed by atoms with van der Waals surface area (Å²) in [4.78, 5) is 11.1. The fourth-order valence-corrected chi connectivity index (χ4v) is 0.770. The number of amides is 1. The summed E-state index contributed by atoms with van der Waals surface area (Å²) in [6, 6.07) is 0. The number of hydrogen-bond donors (Lipinski definition) is 1. The summed E-state index contributed by atoms with van der Waals surface area (Å²) >= 11 is 0. The molecule has 11 heavy (non-hydrogen) atoms. The van der Waals surface area contributed by atoms with Crippen LogP contribution in [0.3, 0.4) is 0 Å².